The summed E-state index contributed by atoms with van der Waals surface area (Å²) in [6, 6.07) is 9.13. The Hall–Kier alpha value is -3.49. The Morgan fingerprint density at radius 1 is 1.26 bits per heavy atom. The number of anilines is 3. The predicted molar refractivity (Wildman–Crippen MR) is 98.6 cm³/mol. The minimum absolute atomic E-state index is 0.136. The molecular weight excluding hydrogens is 351 g/mol. The Labute approximate surface area is 154 Å². The van der Waals surface area contributed by atoms with Crippen molar-refractivity contribution >= 4 is 23.1 Å². The highest BCUT2D eigenvalue weighted by atomic mass is 19.1. The molecule has 1 aliphatic carbocycles. The molecule has 0 saturated heterocycles. The summed E-state index contributed by atoms with van der Waals surface area (Å²) in [6.07, 6.45) is 1.50. The lowest BCUT2D eigenvalue weighted by Crippen LogP contribution is -2.11. The number of aromatic nitrogens is 3. The van der Waals surface area contributed by atoms with Crippen molar-refractivity contribution in [1.29, 1.82) is 0 Å². The van der Waals surface area contributed by atoms with Crippen LogP contribution in [0, 0.1) is 22.9 Å². The number of aryl methyl sites for hydroxylation is 2. The third kappa shape index (κ3) is 3.43. The number of nitro groups is 1. The van der Waals surface area contributed by atoms with Gasteiger partial charge in [0, 0.05) is 17.8 Å². The van der Waals surface area contributed by atoms with Gasteiger partial charge in [-0.25, -0.2) is 9.37 Å². The Kier molecular flexibility index (Phi) is 4.19. The predicted octanol–water partition coefficient (Wildman–Crippen LogP) is 4.00. The van der Waals surface area contributed by atoms with Crippen molar-refractivity contribution in [3.05, 3.63) is 69.2 Å². The highest BCUT2D eigenvalue weighted by Gasteiger charge is 2.26. The van der Waals surface area contributed by atoms with Gasteiger partial charge in [0.05, 0.1) is 11.0 Å². The fraction of sp³-hybridized carbons (Fsp3) is 0.222. The van der Waals surface area contributed by atoms with E-state index < -0.39 is 4.92 Å². The molecule has 0 aliphatic heterocycles. The zero-order valence-electron chi connectivity index (χ0n) is 14.5. The minimum atomic E-state index is -0.487. The first-order valence-corrected chi connectivity index (χ1v) is 8.49. The van der Waals surface area contributed by atoms with Crippen LogP contribution < -0.4 is 10.6 Å². The monoisotopic (exact) mass is 368 g/mol. The van der Waals surface area contributed by atoms with E-state index in [2.05, 4.69) is 25.8 Å². The van der Waals surface area contributed by atoms with Crippen LogP contribution >= 0.6 is 0 Å². The molecule has 0 bridgehead atoms. The third-order valence-corrected chi connectivity index (χ3v) is 4.53. The lowest BCUT2D eigenvalue weighted by molar-refractivity contribution is -0.384. The van der Waals surface area contributed by atoms with Gasteiger partial charge in [-0.15, -0.1) is 0 Å². The van der Waals surface area contributed by atoms with Crippen molar-refractivity contribution in [1.82, 2.24) is 15.2 Å². The molecule has 0 unspecified atom stereocenters. The van der Waals surface area contributed by atoms with E-state index in [4.69, 9.17) is 0 Å². The Morgan fingerprint density at radius 3 is 2.85 bits per heavy atom. The number of hydrogen-bond acceptors (Lipinski definition) is 6. The number of benzene rings is 1. The van der Waals surface area contributed by atoms with Gasteiger partial charge in [0.25, 0.3) is 0 Å². The number of aromatic amines is 1. The number of pyridine rings is 1. The molecule has 0 saturated carbocycles. The summed E-state index contributed by atoms with van der Waals surface area (Å²) in [5.74, 6) is 0.800. The van der Waals surface area contributed by atoms with E-state index in [1.165, 1.54) is 24.3 Å². The van der Waals surface area contributed by atoms with Crippen LogP contribution in [0.15, 0.2) is 36.4 Å². The van der Waals surface area contributed by atoms with E-state index in [-0.39, 0.29) is 23.4 Å². The van der Waals surface area contributed by atoms with Crippen LogP contribution in [0.4, 0.5) is 27.5 Å². The van der Waals surface area contributed by atoms with Gasteiger partial charge in [0.1, 0.15) is 11.6 Å². The number of nitrogens with one attached hydrogen (secondary N) is 3. The second-order valence-corrected chi connectivity index (χ2v) is 6.46. The zero-order valence-corrected chi connectivity index (χ0v) is 14.5. The second kappa shape index (κ2) is 6.67. The molecule has 9 heteroatoms. The maximum atomic E-state index is 13.6. The molecule has 1 aromatic carbocycles. The molecule has 27 heavy (non-hydrogen) atoms. The molecule has 8 nitrogen and oxygen atoms in total. The summed E-state index contributed by atoms with van der Waals surface area (Å²) in [5, 5.41) is 24.4. The minimum Gasteiger partial charge on any atom is -0.357 e. The maximum Gasteiger partial charge on any atom is 0.311 e. The number of rotatable bonds is 5. The third-order valence-electron chi connectivity index (χ3n) is 4.53. The Morgan fingerprint density at radius 2 is 2.11 bits per heavy atom. The lowest BCUT2D eigenvalue weighted by Gasteiger charge is -2.15. The summed E-state index contributed by atoms with van der Waals surface area (Å²) in [6.45, 7) is 1.87. The lowest BCUT2D eigenvalue weighted by atomic mass is 10.1. The highest BCUT2D eigenvalue weighted by Crippen LogP contribution is 2.36. The quantitative estimate of drug-likeness (QED) is 0.464. The number of hydrogen-bond donors (Lipinski definition) is 3. The molecule has 3 aromatic rings. The summed E-state index contributed by atoms with van der Waals surface area (Å²) < 4.78 is 13.6. The van der Waals surface area contributed by atoms with Crippen molar-refractivity contribution in [2.75, 3.05) is 10.6 Å². The van der Waals surface area contributed by atoms with Crippen LogP contribution in [0.25, 0.3) is 0 Å². The van der Waals surface area contributed by atoms with Gasteiger partial charge in [-0.3, -0.25) is 15.2 Å². The van der Waals surface area contributed by atoms with E-state index in [0.717, 1.165) is 23.2 Å². The molecule has 0 spiro atoms. The van der Waals surface area contributed by atoms with E-state index in [9.17, 15) is 14.5 Å². The SMILES string of the molecule is Cc1cc(Nc2ccc([N+](=O)[O-])c(N[C@@H]3CCc4ccc(F)cc43)n2)n[nH]1. The Bertz CT molecular complexity index is 1020. The largest absolute Gasteiger partial charge is 0.357 e. The van der Waals surface area contributed by atoms with Gasteiger partial charge in [-0.2, -0.15) is 5.10 Å². The van der Waals surface area contributed by atoms with Crippen LogP contribution in [0.2, 0.25) is 0 Å². The first-order chi connectivity index (χ1) is 13.0. The topological polar surface area (TPSA) is 109 Å². The van der Waals surface area contributed by atoms with E-state index >= 15 is 0 Å². The van der Waals surface area contributed by atoms with Gasteiger partial charge in [0.2, 0.25) is 5.82 Å². The fourth-order valence-electron chi connectivity index (χ4n) is 3.28. The van der Waals surface area contributed by atoms with Crippen molar-refractivity contribution in [3.63, 3.8) is 0 Å². The summed E-state index contributed by atoms with van der Waals surface area (Å²) in [5.41, 5.74) is 2.59. The van der Waals surface area contributed by atoms with Gasteiger partial charge in [-0.1, -0.05) is 6.07 Å². The molecule has 2 aromatic heterocycles. The number of fused-ring (bicyclic) bond motifs is 1. The number of H-pyrrole nitrogens is 1. The smallest absolute Gasteiger partial charge is 0.311 e. The van der Waals surface area contributed by atoms with Crippen molar-refractivity contribution in [2.45, 2.75) is 25.8 Å². The number of halogens is 1. The number of nitrogens with zero attached hydrogens (tertiary/aromatic N) is 3. The van der Waals surface area contributed by atoms with Crippen LogP contribution in [0.1, 0.15) is 29.3 Å². The van der Waals surface area contributed by atoms with Crippen molar-refractivity contribution in [3.8, 4) is 0 Å². The van der Waals surface area contributed by atoms with E-state index in [1.54, 1.807) is 12.1 Å². The van der Waals surface area contributed by atoms with Crippen molar-refractivity contribution in [2.24, 2.45) is 0 Å². The first-order valence-electron chi connectivity index (χ1n) is 8.49. The second-order valence-electron chi connectivity index (χ2n) is 6.46. The van der Waals surface area contributed by atoms with Gasteiger partial charge in [-0.05, 0) is 49.1 Å². The van der Waals surface area contributed by atoms with Gasteiger partial charge < -0.3 is 10.6 Å². The van der Waals surface area contributed by atoms with Crippen LogP contribution in [-0.2, 0) is 6.42 Å². The molecule has 1 atom stereocenters. The molecule has 0 radical (unpaired) electrons. The van der Waals surface area contributed by atoms with Crippen LogP contribution in [0.3, 0.4) is 0 Å². The maximum absolute atomic E-state index is 13.6. The standard InChI is InChI=1S/C18H17FN6O2/c1-10-8-17(24-23-10)21-16-7-6-15(25(26)27)18(22-16)20-14-5-3-11-2-4-12(19)9-13(11)14/h2,4,6-9,14H,3,5H2,1H3,(H3,20,21,22,23,24)/t14-/m1/s1. The molecule has 3 N–H and O–H groups in total. The normalized spacial score (nSPS) is 15.4. The fourth-order valence-corrected chi connectivity index (χ4v) is 3.28. The van der Waals surface area contributed by atoms with E-state index in [1.807, 2.05) is 6.92 Å². The van der Waals surface area contributed by atoms with Gasteiger partial charge in [0.15, 0.2) is 5.82 Å². The summed E-state index contributed by atoms with van der Waals surface area (Å²) in [7, 11) is 0. The highest BCUT2D eigenvalue weighted by molar-refractivity contribution is 5.64. The Balaban J connectivity index is 1.64. The molecule has 0 fully saturated rings. The first kappa shape index (κ1) is 17.0. The zero-order chi connectivity index (χ0) is 19.0. The molecule has 0 amide bonds. The molecule has 4 rings (SSSR count). The van der Waals surface area contributed by atoms with Gasteiger partial charge >= 0.3 is 5.69 Å². The summed E-state index contributed by atoms with van der Waals surface area (Å²) >= 11 is 0. The van der Waals surface area contributed by atoms with Crippen molar-refractivity contribution < 1.29 is 9.31 Å². The molecule has 138 valence electrons. The molecule has 1 aliphatic rings. The van der Waals surface area contributed by atoms with E-state index in [0.29, 0.717) is 18.1 Å². The molecular formula is C18H17FN6O2. The molecule has 2 heterocycles. The summed E-state index contributed by atoms with van der Waals surface area (Å²) in [4.78, 5) is 15.3. The average molecular weight is 368 g/mol. The average Bonchev–Trinajstić information content (AvgIpc) is 3.21. The van der Waals surface area contributed by atoms with Crippen LogP contribution in [0.5, 0.6) is 0 Å². The van der Waals surface area contributed by atoms with Crippen LogP contribution in [-0.4, -0.2) is 20.1 Å².